The number of halogens is 4. The fourth-order valence-corrected chi connectivity index (χ4v) is 3.36. The number of aromatic nitrogens is 2. The summed E-state index contributed by atoms with van der Waals surface area (Å²) in [6.07, 6.45) is 0.110. The number of hydrogen-bond donors (Lipinski definition) is 0. The van der Waals surface area contributed by atoms with E-state index in [9.17, 15) is 18.0 Å². The molecule has 0 aliphatic heterocycles. The summed E-state index contributed by atoms with van der Waals surface area (Å²) in [5.41, 5.74) is 1.27. The minimum absolute atomic E-state index is 0.0204. The molecule has 0 aliphatic carbocycles. The third-order valence-corrected chi connectivity index (χ3v) is 5.01. The third-order valence-electron chi connectivity index (χ3n) is 4.81. The molecule has 0 saturated carbocycles. The smallest absolute Gasteiger partial charge is 0.341 e. The Bertz CT molecular complexity index is 1180. The number of pyridine rings is 2. The molecule has 9 heteroatoms. The van der Waals surface area contributed by atoms with Crippen LogP contribution in [-0.4, -0.2) is 34.5 Å². The molecule has 3 aromatic rings. The number of benzene rings is 1. The summed E-state index contributed by atoms with van der Waals surface area (Å²) < 4.78 is 39.4. The van der Waals surface area contributed by atoms with Gasteiger partial charge in [-0.1, -0.05) is 29.8 Å². The SMILES string of the molecule is C=N/C(=C\CC(=O)N(C)Cc1cccnc1C(F)(F)F)Cc1ccc2ncc(Cl)cc2c1. The van der Waals surface area contributed by atoms with Crippen molar-refractivity contribution in [2.45, 2.75) is 25.6 Å². The molecule has 0 N–H and O–H groups in total. The fraction of sp³-hybridized carbons (Fsp3) is 0.217. The number of amides is 1. The molecule has 0 unspecified atom stereocenters. The minimum Gasteiger partial charge on any atom is -0.341 e. The minimum atomic E-state index is -4.58. The lowest BCUT2D eigenvalue weighted by molar-refractivity contribution is -0.142. The molecule has 166 valence electrons. The number of carbonyl (C=O) groups excluding carboxylic acids is 1. The summed E-state index contributed by atoms with van der Waals surface area (Å²) >= 11 is 6.00. The highest BCUT2D eigenvalue weighted by atomic mass is 35.5. The van der Waals surface area contributed by atoms with Gasteiger partial charge in [-0.05, 0) is 36.5 Å². The van der Waals surface area contributed by atoms with Gasteiger partial charge in [0, 0.05) is 55.5 Å². The van der Waals surface area contributed by atoms with E-state index in [-0.39, 0.29) is 24.4 Å². The van der Waals surface area contributed by atoms with Crippen molar-refractivity contribution in [1.29, 1.82) is 0 Å². The van der Waals surface area contributed by atoms with Gasteiger partial charge in [0.15, 0.2) is 0 Å². The Kier molecular flexibility index (Phi) is 7.25. The van der Waals surface area contributed by atoms with Crippen LogP contribution in [0, 0.1) is 0 Å². The summed E-state index contributed by atoms with van der Waals surface area (Å²) in [4.78, 5) is 25.4. The van der Waals surface area contributed by atoms with Gasteiger partial charge in [0.05, 0.1) is 10.5 Å². The standard InChI is InChI=1S/C23H20ClF3N4O/c1-28-19(11-15-5-7-20-17(10-15)12-18(24)13-30-20)6-8-21(32)31(2)14-16-4-3-9-29-22(16)23(25,26)27/h3-7,9-10,12-13H,1,8,11,14H2,2H3/b19-6-. The van der Waals surface area contributed by atoms with E-state index in [4.69, 9.17) is 11.6 Å². The van der Waals surface area contributed by atoms with Crippen molar-refractivity contribution >= 4 is 35.1 Å². The number of aliphatic imine (C=N–C) groups is 1. The molecule has 0 spiro atoms. The Morgan fingerprint density at radius 1 is 1.25 bits per heavy atom. The molecule has 0 bridgehead atoms. The first kappa shape index (κ1) is 23.4. The lowest BCUT2D eigenvalue weighted by Crippen LogP contribution is -2.27. The monoisotopic (exact) mass is 460 g/mol. The van der Waals surface area contributed by atoms with Crippen molar-refractivity contribution in [1.82, 2.24) is 14.9 Å². The van der Waals surface area contributed by atoms with Crippen molar-refractivity contribution in [3.05, 3.63) is 82.4 Å². The molecule has 0 fully saturated rings. The quantitative estimate of drug-likeness (QED) is 0.439. The lowest BCUT2D eigenvalue weighted by Gasteiger charge is -2.19. The summed E-state index contributed by atoms with van der Waals surface area (Å²) in [5, 5.41) is 1.41. The van der Waals surface area contributed by atoms with E-state index in [1.807, 2.05) is 24.3 Å². The summed E-state index contributed by atoms with van der Waals surface area (Å²) in [6, 6.07) is 10.2. The molecule has 32 heavy (non-hydrogen) atoms. The normalized spacial score (nSPS) is 12.1. The van der Waals surface area contributed by atoms with Gasteiger partial charge in [0.2, 0.25) is 5.91 Å². The summed E-state index contributed by atoms with van der Waals surface area (Å²) in [7, 11) is 1.45. The van der Waals surface area contributed by atoms with Crippen molar-refractivity contribution in [3.63, 3.8) is 0 Å². The van der Waals surface area contributed by atoms with Crippen LogP contribution in [-0.2, 0) is 23.9 Å². The Hall–Kier alpha value is -3.26. The van der Waals surface area contributed by atoms with E-state index in [1.54, 1.807) is 12.3 Å². The second-order valence-corrected chi connectivity index (χ2v) is 7.61. The first-order valence-corrected chi connectivity index (χ1v) is 10.00. The molecular formula is C23H20ClF3N4O. The number of fused-ring (bicyclic) bond motifs is 1. The number of nitrogens with zero attached hydrogens (tertiary/aromatic N) is 4. The zero-order valence-corrected chi connectivity index (χ0v) is 18.0. The van der Waals surface area contributed by atoms with Gasteiger partial charge < -0.3 is 4.90 Å². The van der Waals surface area contributed by atoms with Crippen molar-refractivity contribution in [2.24, 2.45) is 4.99 Å². The molecule has 5 nitrogen and oxygen atoms in total. The van der Waals surface area contributed by atoms with E-state index in [1.165, 1.54) is 24.1 Å². The molecule has 1 amide bonds. The molecular weight excluding hydrogens is 441 g/mol. The first-order valence-electron chi connectivity index (χ1n) is 9.62. The molecule has 0 radical (unpaired) electrons. The van der Waals surface area contributed by atoms with Gasteiger partial charge in [0.25, 0.3) is 0 Å². The van der Waals surface area contributed by atoms with Crippen LogP contribution in [0.1, 0.15) is 23.2 Å². The van der Waals surface area contributed by atoms with Crippen molar-refractivity contribution in [3.8, 4) is 0 Å². The van der Waals surface area contributed by atoms with Crippen LogP contribution in [0.15, 0.2) is 65.6 Å². The van der Waals surface area contributed by atoms with Gasteiger partial charge in [-0.15, -0.1) is 0 Å². The van der Waals surface area contributed by atoms with Crippen LogP contribution >= 0.6 is 11.6 Å². The van der Waals surface area contributed by atoms with Crippen LogP contribution in [0.5, 0.6) is 0 Å². The van der Waals surface area contributed by atoms with Gasteiger partial charge >= 0.3 is 6.18 Å². The Balaban J connectivity index is 1.68. The number of carbonyl (C=O) groups is 1. The molecule has 1 aromatic carbocycles. The van der Waals surface area contributed by atoms with Crippen molar-refractivity contribution < 1.29 is 18.0 Å². The predicted octanol–water partition coefficient (Wildman–Crippen LogP) is 5.48. The van der Waals surface area contributed by atoms with Crippen LogP contribution in [0.25, 0.3) is 10.9 Å². The molecule has 2 heterocycles. The Morgan fingerprint density at radius 2 is 2.03 bits per heavy atom. The van der Waals surface area contributed by atoms with Crippen LogP contribution in [0.3, 0.4) is 0 Å². The largest absolute Gasteiger partial charge is 0.433 e. The maximum Gasteiger partial charge on any atom is 0.433 e. The second kappa shape index (κ2) is 9.91. The van der Waals surface area contributed by atoms with Crippen LogP contribution in [0.4, 0.5) is 13.2 Å². The van der Waals surface area contributed by atoms with Crippen molar-refractivity contribution in [2.75, 3.05) is 7.05 Å². The highest BCUT2D eigenvalue weighted by Crippen LogP contribution is 2.30. The Labute approximate surface area is 188 Å². The average Bonchev–Trinajstić information content (AvgIpc) is 2.75. The lowest BCUT2D eigenvalue weighted by atomic mass is 10.1. The van der Waals surface area contributed by atoms with Crippen LogP contribution < -0.4 is 0 Å². The van der Waals surface area contributed by atoms with E-state index < -0.39 is 11.9 Å². The Morgan fingerprint density at radius 3 is 2.75 bits per heavy atom. The zero-order valence-electron chi connectivity index (χ0n) is 17.2. The molecule has 3 rings (SSSR count). The van der Waals surface area contributed by atoms with Gasteiger partial charge in [-0.2, -0.15) is 13.2 Å². The predicted molar refractivity (Wildman–Crippen MR) is 118 cm³/mol. The average molecular weight is 461 g/mol. The molecule has 0 atom stereocenters. The fourth-order valence-electron chi connectivity index (χ4n) is 3.19. The van der Waals surface area contributed by atoms with E-state index in [2.05, 4.69) is 21.7 Å². The number of allylic oxidation sites excluding steroid dienone is 1. The highest BCUT2D eigenvalue weighted by Gasteiger charge is 2.35. The maximum atomic E-state index is 13.1. The summed E-state index contributed by atoms with van der Waals surface area (Å²) in [5.74, 6) is -0.349. The van der Waals surface area contributed by atoms with Gasteiger partial charge in [-0.3, -0.25) is 19.8 Å². The number of rotatable bonds is 7. The molecule has 0 aliphatic rings. The maximum absolute atomic E-state index is 13.1. The topological polar surface area (TPSA) is 58.5 Å². The van der Waals surface area contributed by atoms with E-state index >= 15 is 0 Å². The number of hydrogen-bond acceptors (Lipinski definition) is 4. The van der Waals surface area contributed by atoms with Gasteiger partial charge in [0.1, 0.15) is 5.69 Å². The first-order chi connectivity index (χ1) is 15.2. The highest BCUT2D eigenvalue weighted by molar-refractivity contribution is 6.31. The van der Waals surface area contributed by atoms with Gasteiger partial charge in [-0.25, -0.2) is 0 Å². The van der Waals surface area contributed by atoms with Crippen LogP contribution in [0.2, 0.25) is 5.02 Å². The molecule has 2 aromatic heterocycles. The zero-order chi connectivity index (χ0) is 23.3. The second-order valence-electron chi connectivity index (χ2n) is 7.17. The van der Waals surface area contributed by atoms with E-state index in [0.717, 1.165) is 22.7 Å². The summed E-state index contributed by atoms with van der Waals surface area (Å²) in [6.45, 7) is 3.35. The van der Waals surface area contributed by atoms with E-state index in [0.29, 0.717) is 17.1 Å². The number of alkyl halides is 3. The molecule has 0 saturated heterocycles. The third kappa shape index (κ3) is 5.91.